The Morgan fingerprint density at radius 2 is 2.18 bits per heavy atom. The van der Waals surface area contributed by atoms with Crippen LogP contribution in [0.15, 0.2) is 28.7 Å². The van der Waals surface area contributed by atoms with E-state index < -0.39 is 0 Å². The van der Waals surface area contributed by atoms with E-state index in [-0.39, 0.29) is 5.69 Å². The van der Waals surface area contributed by atoms with Gasteiger partial charge in [-0.3, -0.25) is 0 Å². The fraction of sp³-hybridized carbons (Fsp3) is 0.200. The molecule has 2 heterocycles. The zero-order valence-electron chi connectivity index (χ0n) is 11.4. The number of aromatic nitrogens is 4. The summed E-state index contributed by atoms with van der Waals surface area (Å²) in [5.41, 5.74) is 2.10. The molecule has 0 saturated heterocycles. The minimum atomic E-state index is 0.285. The summed E-state index contributed by atoms with van der Waals surface area (Å²) >= 11 is 6.02. The van der Waals surface area contributed by atoms with E-state index in [1.165, 1.54) is 0 Å². The maximum absolute atomic E-state index is 9.14. The molecule has 1 aliphatic rings. The third-order valence-corrected chi connectivity index (χ3v) is 3.79. The van der Waals surface area contributed by atoms with Gasteiger partial charge in [0.05, 0.1) is 0 Å². The lowest BCUT2D eigenvalue weighted by molar-refractivity contribution is 0.521. The summed E-state index contributed by atoms with van der Waals surface area (Å²) in [4.78, 5) is 4.53. The summed E-state index contributed by atoms with van der Waals surface area (Å²) in [5, 5.41) is 20.0. The summed E-state index contributed by atoms with van der Waals surface area (Å²) in [6.07, 6.45) is 2.10. The standard InChI is InChI=1S/C15H10ClN5O/c16-10-3-1-2-9(6-10)15-18-13(14(22-15)8-4-5-8)12-11(7-17)19-21-20-12/h1-3,6,8H,4-5H2,(H,19,20,21). The van der Waals surface area contributed by atoms with Crippen LogP contribution in [0.25, 0.3) is 22.8 Å². The van der Waals surface area contributed by atoms with Gasteiger partial charge in [-0.2, -0.15) is 5.26 Å². The fourth-order valence-electron chi connectivity index (χ4n) is 2.34. The molecule has 1 saturated carbocycles. The summed E-state index contributed by atoms with van der Waals surface area (Å²) in [6, 6.07) is 9.35. The highest BCUT2D eigenvalue weighted by Crippen LogP contribution is 2.46. The second-order valence-electron chi connectivity index (χ2n) is 5.16. The largest absolute Gasteiger partial charge is 0.440 e. The van der Waals surface area contributed by atoms with Gasteiger partial charge in [-0.25, -0.2) is 10.1 Å². The molecule has 3 aromatic rings. The molecule has 0 atom stereocenters. The number of benzene rings is 1. The second kappa shape index (κ2) is 4.97. The molecule has 1 fully saturated rings. The van der Waals surface area contributed by atoms with Gasteiger partial charge in [-0.1, -0.05) is 22.9 Å². The number of rotatable bonds is 3. The average molecular weight is 312 g/mol. The maximum Gasteiger partial charge on any atom is 0.226 e. The smallest absolute Gasteiger partial charge is 0.226 e. The van der Waals surface area contributed by atoms with Crippen LogP contribution in [-0.4, -0.2) is 20.4 Å². The number of H-pyrrole nitrogens is 1. The quantitative estimate of drug-likeness (QED) is 0.799. The molecular weight excluding hydrogens is 302 g/mol. The number of nitrogens with one attached hydrogen (secondary N) is 1. The SMILES string of the molecule is N#Cc1[nH]nnc1-c1nc(-c2cccc(Cl)c2)oc1C1CC1. The Balaban J connectivity index is 1.87. The van der Waals surface area contributed by atoms with E-state index in [1.54, 1.807) is 12.1 Å². The van der Waals surface area contributed by atoms with Crippen molar-refractivity contribution in [1.82, 2.24) is 20.4 Å². The van der Waals surface area contributed by atoms with Crippen molar-refractivity contribution in [3.63, 3.8) is 0 Å². The first-order valence-corrected chi connectivity index (χ1v) is 7.22. The summed E-state index contributed by atoms with van der Waals surface area (Å²) < 4.78 is 5.94. The lowest BCUT2D eigenvalue weighted by Gasteiger charge is -1.95. The van der Waals surface area contributed by atoms with Crippen molar-refractivity contribution in [2.75, 3.05) is 0 Å². The zero-order valence-corrected chi connectivity index (χ0v) is 12.1. The van der Waals surface area contributed by atoms with E-state index in [0.717, 1.165) is 24.2 Å². The molecule has 0 amide bonds. The van der Waals surface area contributed by atoms with Crippen LogP contribution in [0.3, 0.4) is 0 Å². The molecule has 2 aromatic heterocycles. The maximum atomic E-state index is 9.14. The average Bonchev–Trinajstić information content (AvgIpc) is 3.11. The Kier molecular flexibility index (Phi) is 2.94. The molecule has 0 aliphatic heterocycles. The van der Waals surface area contributed by atoms with E-state index >= 15 is 0 Å². The number of hydrogen-bond donors (Lipinski definition) is 1. The Labute approximate surface area is 130 Å². The number of aromatic amines is 1. The highest BCUT2D eigenvalue weighted by molar-refractivity contribution is 6.30. The topological polar surface area (TPSA) is 91.4 Å². The zero-order chi connectivity index (χ0) is 15.1. The monoisotopic (exact) mass is 311 g/mol. The van der Waals surface area contributed by atoms with Gasteiger partial charge in [0.15, 0.2) is 11.4 Å². The van der Waals surface area contributed by atoms with Crippen LogP contribution < -0.4 is 0 Å². The van der Waals surface area contributed by atoms with Crippen molar-refractivity contribution in [1.29, 1.82) is 5.26 Å². The predicted octanol–water partition coefficient (Wildman–Crippen LogP) is 3.53. The summed E-state index contributed by atoms with van der Waals surface area (Å²) in [5.74, 6) is 1.57. The molecule has 0 unspecified atom stereocenters. The minimum Gasteiger partial charge on any atom is -0.440 e. The van der Waals surface area contributed by atoms with Gasteiger partial charge in [0.25, 0.3) is 0 Å². The molecule has 1 aliphatic carbocycles. The first-order chi connectivity index (χ1) is 10.8. The van der Waals surface area contributed by atoms with Crippen molar-refractivity contribution in [2.45, 2.75) is 18.8 Å². The summed E-state index contributed by atoms with van der Waals surface area (Å²) in [6.45, 7) is 0. The molecule has 22 heavy (non-hydrogen) atoms. The van der Waals surface area contributed by atoms with E-state index in [9.17, 15) is 0 Å². The van der Waals surface area contributed by atoms with Gasteiger partial charge in [0, 0.05) is 16.5 Å². The van der Waals surface area contributed by atoms with Crippen LogP contribution in [0.1, 0.15) is 30.2 Å². The second-order valence-corrected chi connectivity index (χ2v) is 5.60. The van der Waals surface area contributed by atoms with E-state index in [0.29, 0.717) is 28.2 Å². The van der Waals surface area contributed by atoms with Gasteiger partial charge < -0.3 is 4.42 Å². The fourth-order valence-corrected chi connectivity index (χ4v) is 2.53. The first kappa shape index (κ1) is 13.0. The molecule has 0 bridgehead atoms. The molecular formula is C15H10ClN5O. The Morgan fingerprint density at radius 1 is 1.32 bits per heavy atom. The Bertz CT molecular complexity index is 887. The van der Waals surface area contributed by atoms with Crippen LogP contribution in [0, 0.1) is 11.3 Å². The number of oxazole rings is 1. The molecule has 108 valence electrons. The van der Waals surface area contributed by atoms with E-state index in [2.05, 4.69) is 20.4 Å². The van der Waals surface area contributed by atoms with E-state index in [4.69, 9.17) is 21.3 Å². The van der Waals surface area contributed by atoms with Crippen molar-refractivity contribution in [3.8, 4) is 28.9 Å². The van der Waals surface area contributed by atoms with Crippen LogP contribution >= 0.6 is 11.6 Å². The minimum absolute atomic E-state index is 0.285. The normalized spacial score (nSPS) is 14.0. The molecule has 7 heteroatoms. The highest BCUT2D eigenvalue weighted by atomic mass is 35.5. The number of nitrogens with zero attached hydrogens (tertiary/aromatic N) is 4. The van der Waals surface area contributed by atoms with Crippen molar-refractivity contribution in [3.05, 3.63) is 40.7 Å². The van der Waals surface area contributed by atoms with E-state index in [1.807, 2.05) is 18.2 Å². The molecule has 4 rings (SSSR count). The van der Waals surface area contributed by atoms with Crippen LogP contribution in [-0.2, 0) is 0 Å². The molecule has 0 spiro atoms. The van der Waals surface area contributed by atoms with Crippen LogP contribution in [0.4, 0.5) is 0 Å². The number of nitriles is 1. The van der Waals surface area contributed by atoms with Crippen LogP contribution in [0.2, 0.25) is 5.02 Å². The Hall–Kier alpha value is -2.65. The van der Waals surface area contributed by atoms with Gasteiger partial charge in [0.1, 0.15) is 17.5 Å². The van der Waals surface area contributed by atoms with Crippen molar-refractivity contribution < 1.29 is 4.42 Å². The molecule has 1 N–H and O–H groups in total. The highest BCUT2D eigenvalue weighted by Gasteiger charge is 2.33. The van der Waals surface area contributed by atoms with Crippen molar-refractivity contribution in [2.24, 2.45) is 0 Å². The number of hydrogen-bond acceptors (Lipinski definition) is 5. The number of halogens is 1. The van der Waals surface area contributed by atoms with Gasteiger partial charge >= 0.3 is 0 Å². The summed E-state index contributed by atoms with van der Waals surface area (Å²) in [7, 11) is 0. The van der Waals surface area contributed by atoms with Gasteiger partial charge in [-0.05, 0) is 31.0 Å². The van der Waals surface area contributed by atoms with Gasteiger partial charge in [0.2, 0.25) is 5.89 Å². The molecule has 0 radical (unpaired) electrons. The lowest BCUT2D eigenvalue weighted by Crippen LogP contribution is -1.88. The molecule has 6 nitrogen and oxygen atoms in total. The first-order valence-electron chi connectivity index (χ1n) is 6.84. The predicted molar refractivity (Wildman–Crippen MR) is 79.0 cm³/mol. The van der Waals surface area contributed by atoms with Crippen LogP contribution in [0.5, 0.6) is 0 Å². The lowest BCUT2D eigenvalue weighted by atomic mass is 10.2. The van der Waals surface area contributed by atoms with Gasteiger partial charge in [-0.15, -0.1) is 5.10 Å². The third-order valence-electron chi connectivity index (χ3n) is 3.56. The van der Waals surface area contributed by atoms with Crippen molar-refractivity contribution >= 4 is 11.6 Å². The molecule has 1 aromatic carbocycles. The third kappa shape index (κ3) is 2.16. The Morgan fingerprint density at radius 3 is 2.91 bits per heavy atom.